The SMILES string of the molecule is Cc1nc2ccccc2n1CCNC(C)c1cn(C)nn1. The van der Waals surface area contributed by atoms with Crippen LogP contribution in [0.4, 0.5) is 0 Å². The van der Waals surface area contributed by atoms with Gasteiger partial charge in [-0.3, -0.25) is 4.68 Å². The van der Waals surface area contributed by atoms with E-state index in [4.69, 9.17) is 0 Å². The van der Waals surface area contributed by atoms with E-state index in [-0.39, 0.29) is 6.04 Å². The van der Waals surface area contributed by atoms with Crippen LogP contribution >= 0.6 is 0 Å². The molecular weight excluding hydrogens is 264 g/mol. The molecule has 0 aliphatic heterocycles. The molecule has 3 aromatic rings. The molecule has 0 aliphatic rings. The third-order valence-corrected chi connectivity index (χ3v) is 3.70. The minimum absolute atomic E-state index is 0.189. The van der Waals surface area contributed by atoms with Crippen molar-refractivity contribution in [3.63, 3.8) is 0 Å². The van der Waals surface area contributed by atoms with Crippen LogP contribution in [-0.4, -0.2) is 31.1 Å². The van der Waals surface area contributed by atoms with Crippen LogP contribution in [0.15, 0.2) is 30.5 Å². The number of para-hydroxylation sites is 2. The summed E-state index contributed by atoms with van der Waals surface area (Å²) < 4.78 is 3.97. The number of nitrogens with zero attached hydrogens (tertiary/aromatic N) is 5. The molecule has 6 heteroatoms. The highest BCUT2D eigenvalue weighted by molar-refractivity contribution is 5.75. The van der Waals surface area contributed by atoms with Crippen molar-refractivity contribution < 1.29 is 0 Å². The highest BCUT2D eigenvalue weighted by Gasteiger charge is 2.10. The first-order chi connectivity index (χ1) is 10.1. The van der Waals surface area contributed by atoms with Crippen molar-refractivity contribution in [3.05, 3.63) is 42.0 Å². The maximum absolute atomic E-state index is 4.58. The third kappa shape index (κ3) is 2.80. The lowest BCUT2D eigenvalue weighted by Gasteiger charge is -2.12. The molecule has 110 valence electrons. The fourth-order valence-corrected chi connectivity index (χ4v) is 2.54. The van der Waals surface area contributed by atoms with Gasteiger partial charge in [-0.25, -0.2) is 4.98 Å². The molecule has 2 aromatic heterocycles. The maximum Gasteiger partial charge on any atom is 0.106 e. The summed E-state index contributed by atoms with van der Waals surface area (Å²) in [5.41, 5.74) is 3.20. The largest absolute Gasteiger partial charge is 0.327 e. The second-order valence-electron chi connectivity index (χ2n) is 5.29. The van der Waals surface area contributed by atoms with Crippen LogP contribution in [0.3, 0.4) is 0 Å². The Labute approximate surface area is 123 Å². The van der Waals surface area contributed by atoms with Gasteiger partial charge >= 0.3 is 0 Å². The molecule has 1 atom stereocenters. The molecule has 21 heavy (non-hydrogen) atoms. The number of hydrogen-bond donors (Lipinski definition) is 1. The molecule has 0 saturated heterocycles. The first-order valence-electron chi connectivity index (χ1n) is 7.16. The van der Waals surface area contributed by atoms with Gasteiger partial charge in [0.1, 0.15) is 5.82 Å². The van der Waals surface area contributed by atoms with Gasteiger partial charge in [0.2, 0.25) is 0 Å². The fourth-order valence-electron chi connectivity index (χ4n) is 2.54. The van der Waals surface area contributed by atoms with E-state index < -0.39 is 0 Å². The molecule has 1 unspecified atom stereocenters. The third-order valence-electron chi connectivity index (χ3n) is 3.70. The number of hydrogen-bond acceptors (Lipinski definition) is 4. The van der Waals surface area contributed by atoms with Crippen LogP contribution in [0, 0.1) is 6.92 Å². The molecule has 0 spiro atoms. The fraction of sp³-hybridized carbons (Fsp3) is 0.400. The molecule has 2 heterocycles. The van der Waals surface area contributed by atoms with E-state index in [1.165, 1.54) is 5.52 Å². The van der Waals surface area contributed by atoms with Crippen molar-refractivity contribution in [1.29, 1.82) is 0 Å². The number of aromatic nitrogens is 5. The summed E-state index contributed by atoms with van der Waals surface area (Å²) in [6.45, 7) is 5.89. The van der Waals surface area contributed by atoms with E-state index in [1.807, 2.05) is 26.2 Å². The second-order valence-corrected chi connectivity index (χ2v) is 5.29. The van der Waals surface area contributed by atoms with Crippen LogP contribution in [0.5, 0.6) is 0 Å². The van der Waals surface area contributed by atoms with Crippen molar-refractivity contribution in [2.45, 2.75) is 26.4 Å². The van der Waals surface area contributed by atoms with E-state index in [0.717, 1.165) is 30.1 Å². The minimum atomic E-state index is 0.189. The van der Waals surface area contributed by atoms with Crippen molar-refractivity contribution in [2.75, 3.05) is 6.54 Å². The topological polar surface area (TPSA) is 60.6 Å². The molecule has 0 amide bonds. The van der Waals surface area contributed by atoms with E-state index in [0.29, 0.717) is 0 Å². The normalized spacial score (nSPS) is 12.9. The summed E-state index contributed by atoms with van der Waals surface area (Å²) in [5, 5.41) is 11.6. The average molecular weight is 284 g/mol. The predicted molar refractivity (Wildman–Crippen MR) is 81.9 cm³/mol. The molecule has 0 aliphatic carbocycles. The molecule has 0 bridgehead atoms. The van der Waals surface area contributed by atoms with Crippen LogP contribution in [0.1, 0.15) is 24.5 Å². The van der Waals surface area contributed by atoms with Crippen molar-refractivity contribution >= 4 is 11.0 Å². The Kier molecular flexibility index (Phi) is 3.70. The van der Waals surface area contributed by atoms with Gasteiger partial charge < -0.3 is 9.88 Å². The zero-order chi connectivity index (χ0) is 14.8. The van der Waals surface area contributed by atoms with Gasteiger partial charge in [0.15, 0.2) is 0 Å². The number of imidazole rings is 1. The van der Waals surface area contributed by atoms with Crippen molar-refractivity contribution in [3.8, 4) is 0 Å². The molecule has 1 N–H and O–H groups in total. The molecule has 3 rings (SSSR count). The van der Waals surface area contributed by atoms with Crippen LogP contribution in [0.2, 0.25) is 0 Å². The van der Waals surface area contributed by atoms with Gasteiger partial charge in [0.25, 0.3) is 0 Å². The molecule has 6 nitrogen and oxygen atoms in total. The number of nitrogens with one attached hydrogen (secondary N) is 1. The van der Waals surface area contributed by atoms with Gasteiger partial charge in [-0.15, -0.1) is 5.10 Å². The molecule has 0 fully saturated rings. The molecule has 1 aromatic carbocycles. The summed E-state index contributed by atoms with van der Waals surface area (Å²) in [5.74, 6) is 1.05. The Balaban J connectivity index is 1.65. The van der Waals surface area contributed by atoms with E-state index in [1.54, 1.807) is 4.68 Å². The average Bonchev–Trinajstić information content (AvgIpc) is 3.03. The monoisotopic (exact) mass is 284 g/mol. The number of fused-ring (bicyclic) bond motifs is 1. The summed E-state index contributed by atoms with van der Waals surface area (Å²) in [6.07, 6.45) is 1.94. The first kappa shape index (κ1) is 13.8. The van der Waals surface area contributed by atoms with Crippen molar-refractivity contribution in [1.82, 2.24) is 29.9 Å². The smallest absolute Gasteiger partial charge is 0.106 e. The van der Waals surface area contributed by atoms with Crippen LogP contribution in [-0.2, 0) is 13.6 Å². The van der Waals surface area contributed by atoms with Gasteiger partial charge in [-0.05, 0) is 26.0 Å². The Hall–Kier alpha value is -2.21. The Morgan fingerprint density at radius 3 is 2.86 bits per heavy atom. The molecule has 0 saturated carbocycles. The van der Waals surface area contributed by atoms with Gasteiger partial charge in [0.05, 0.1) is 22.8 Å². The van der Waals surface area contributed by atoms with Gasteiger partial charge in [-0.2, -0.15) is 0 Å². The van der Waals surface area contributed by atoms with Crippen molar-refractivity contribution in [2.24, 2.45) is 7.05 Å². The zero-order valence-electron chi connectivity index (χ0n) is 12.6. The predicted octanol–water partition coefficient (Wildman–Crippen LogP) is 1.82. The number of rotatable bonds is 5. The minimum Gasteiger partial charge on any atom is -0.327 e. The highest BCUT2D eigenvalue weighted by Crippen LogP contribution is 2.15. The molecule has 0 radical (unpaired) electrons. The van der Waals surface area contributed by atoms with E-state index in [2.05, 4.69) is 50.3 Å². The summed E-state index contributed by atoms with van der Waals surface area (Å²) in [7, 11) is 1.88. The summed E-state index contributed by atoms with van der Waals surface area (Å²) in [4.78, 5) is 4.58. The second kappa shape index (κ2) is 5.65. The lowest BCUT2D eigenvalue weighted by molar-refractivity contribution is 0.522. The standard InChI is InChI=1S/C15H20N6/c1-11(14-10-20(3)19-18-14)16-8-9-21-12(2)17-13-6-4-5-7-15(13)21/h4-7,10-11,16H,8-9H2,1-3H3. The van der Waals surface area contributed by atoms with Gasteiger partial charge in [0, 0.05) is 26.3 Å². The number of aryl methyl sites for hydroxylation is 2. The van der Waals surface area contributed by atoms with Crippen LogP contribution < -0.4 is 5.32 Å². The van der Waals surface area contributed by atoms with Crippen LogP contribution in [0.25, 0.3) is 11.0 Å². The quantitative estimate of drug-likeness (QED) is 0.776. The summed E-state index contributed by atoms with van der Waals surface area (Å²) in [6, 6.07) is 8.42. The van der Waals surface area contributed by atoms with Gasteiger partial charge in [-0.1, -0.05) is 17.3 Å². The highest BCUT2D eigenvalue weighted by atomic mass is 15.4. The van der Waals surface area contributed by atoms with E-state index in [9.17, 15) is 0 Å². The Bertz CT molecular complexity index is 742. The zero-order valence-corrected chi connectivity index (χ0v) is 12.6. The van der Waals surface area contributed by atoms with E-state index >= 15 is 0 Å². The Morgan fingerprint density at radius 1 is 1.29 bits per heavy atom. The lowest BCUT2D eigenvalue weighted by Crippen LogP contribution is -2.24. The number of benzene rings is 1. The maximum atomic E-state index is 4.58. The molecular formula is C15H20N6. The lowest BCUT2D eigenvalue weighted by atomic mass is 10.2. The summed E-state index contributed by atoms with van der Waals surface area (Å²) >= 11 is 0. The first-order valence-corrected chi connectivity index (χ1v) is 7.16. The Morgan fingerprint density at radius 2 is 2.10 bits per heavy atom.